The van der Waals surface area contributed by atoms with Gasteiger partial charge in [0.15, 0.2) is 11.5 Å². The molecule has 1 aromatic carbocycles. The molecule has 1 rings (SSSR count). The lowest BCUT2D eigenvalue weighted by Crippen LogP contribution is -2.09. The molecule has 0 spiro atoms. The Morgan fingerprint density at radius 1 is 1.43 bits per heavy atom. The van der Waals surface area contributed by atoms with Crippen molar-refractivity contribution in [2.75, 3.05) is 13.2 Å². The monoisotopic (exact) mass is 416 g/mol. The van der Waals surface area contributed by atoms with Crippen molar-refractivity contribution in [3.05, 3.63) is 26.8 Å². The van der Waals surface area contributed by atoms with Crippen LogP contribution in [0.25, 0.3) is 6.08 Å². The van der Waals surface area contributed by atoms with Gasteiger partial charge in [-0.1, -0.05) is 19.1 Å². The molecule has 0 atom stereocenters. The zero-order valence-electron chi connectivity index (χ0n) is 12.0. The van der Waals surface area contributed by atoms with E-state index in [0.29, 0.717) is 19.0 Å². The van der Waals surface area contributed by atoms with Crippen molar-refractivity contribution in [2.24, 2.45) is 5.73 Å². The molecule has 0 heterocycles. The van der Waals surface area contributed by atoms with Gasteiger partial charge in [-0.15, -0.1) is 0 Å². The van der Waals surface area contributed by atoms with Crippen molar-refractivity contribution in [1.29, 1.82) is 5.26 Å². The van der Waals surface area contributed by atoms with Gasteiger partial charge in [0.1, 0.15) is 11.1 Å². The number of rotatable bonds is 7. The molecule has 0 saturated carbocycles. The third-order valence-corrected chi connectivity index (χ3v) is 3.50. The quantitative estimate of drug-likeness (QED) is 0.318. The van der Waals surface area contributed by atoms with Crippen LogP contribution in [-0.2, 0) is 0 Å². The van der Waals surface area contributed by atoms with Gasteiger partial charge < -0.3 is 15.2 Å². The van der Waals surface area contributed by atoms with Crippen LogP contribution in [0.2, 0.25) is 0 Å². The molecule has 0 unspecified atom stereocenters. The molecular weight excluding hydrogens is 399 g/mol. The molecular formula is C15H17IN2O2S. The molecule has 112 valence electrons. The summed E-state index contributed by atoms with van der Waals surface area (Å²) in [7, 11) is 0. The minimum absolute atomic E-state index is 0.0803. The molecule has 0 aliphatic carbocycles. The van der Waals surface area contributed by atoms with E-state index in [9.17, 15) is 0 Å². The van der Waals surface area contributed by atoms with Crippen LogP contribution in [0.4, 0.5) is 0 Å². The fourth-order valence-corrected chi connectivity index (χ4v) is 2.49. The van der Waals surface area contributed by atoms with Crippen molar-refractivity contribution in [1.82, 2.24) is 0 Å². The first-order valence-corrected chi connectivity index (χ1v) is 8.02. The van der Waals surface area contributed by atoms with E-state index in [-0.39, 0.29) is 10.6 Å². The lowest BCUT2D eigenvalue weighted by molar-refractivity contribution is 0.275. The molecule has 21 heavy (non-hydrogen) atoms. The maximum Gasteiger partial charge on any atom is 0.174 e. The molecule has 0 amide bonds. The van der Waals surface area contributed by atoms with Crippen LogP contribution >= 0.6 is 34.8 Å². The Morgan fingerprint density at radius 2 is 2.14 bits per heavy atom. The number of halogens is 1. The smallest absolute Gasteiger partial charge is 0.174 e. The molecule has 0 aromatic heterocycles. The van der Waals surface area contributed by atoms with Gasteiger partial charge in [-0.3, -0.25) is 0 Å². The average Bonchev–Trinajstić information content (AvgIpc) is 2.44. The fourth-order valence-electron chi connectivity index (χ4n) is 1.60. The highest BCUT2D eigenvalue weighted by atomic mass is 127. The number of thiocarbonyl (C=S) groups is 1. The summed E-state index contributed by atoms with van der Waals surface area (Å²) in [5.74, 6) is 1.38. The molecule has 1 aromatic rings. The molecule has 0 aliphatic rings. The van der Waals surface area contributed by atoms with Crippen LogP contribution in [0.1, 0.15) is 25.8 Å². The SMILES string of the molecule is CCCOc1c(I)cc(/C=C(/C#N)C(N)=S)cc1OCC. The summed E-state index contributed by atoms with van der Waals surface area (Å²) in [6, 6.07) is 5.72. The Hall–Kier alpha value is -1.33. The van der Waals surface area contributed by atoms with Crippen molar-refractivity contribution in [2.45, 2.75) is 20.3 Å². The standard InChI is InChI=1S/C15H17IN2O2S/c1-3-5-20-14-12(16)7-10(8-13(14)19-4-2)6-11(9-17)15(18)21/h6-8H,3-5H2,1-2H3,(H2,18,21)/b11-6-. The number of hydrogen-bond acceptors (Lipinski definition) is 4. The van der Waals surface area contributed by atoms with Gasteiger partial charge in [-0.05, 0) is 59.7 Å². The first kappa shape index (κ1) is 17.7. The number of ether oxygens (including phenoxy) is 2. The highest BCUT2D eigenvalue weighted by molar-refractivity contribution is 14.1. The van der Waals surface area contributed by atoms with Crippen molar-refractivity contribution in [3.8, 4) is 17.6 Å². The van der Waals surface area contributed by atoms with E-state index in [0.717, 1.165) is 21.3 Å². The zero-order valence-corrected chi connectivity index (χ0v) is 15.0. The van der Waals surface area contributed by atoms with Crippen molar-refractivity contribution < 1.29 is 9.47 Å². The number of nitriles is 1. The van der Waals surface area contributed by atoms with Crippen molar-refractivity contribution in [3.63, 3.8) is 0 Å². The van der Waals surface area contributed by atoms with Crippen LogP contribution in [0.5, 0.6) is 11.5 Å². The zero-order chi connectivity index (χ0) is 15.8. The molecule has 6 heteroatoms. The lowest BCUT2D eigenvalue weighted by Gasteiger charge is -2.14. The second-order valence-electron chi connectivity index (χ2n) is 4.15. The minimum atomic E-state index is 0.0803. The summed E-state index contributed by atoms with van der Waals surface area (Å²) in [5.41, 5.74) is 6.58. The molecule has 0 aliphatic heterocycles. The fraction of sp³-hybridized carbons (Fsp3) is 0.333. The molecule has 2 N–H and O–H groups in total. The summed E-state index contributed by atoms with van der Waals surface area (Å²) in [6.45, 7) is 5.12. The highest BCUT2D eigenvalue weighted by Crippen LogP contribution is 2.35. The van der Waals surface area contributed by atoms with E-state index < -0.39 is 0 Å². The summed E-state index contributed by atoms with van der Waals surface area (Å²) in [4.78, 5) is 0.0803. The van der Waals surface area contributed by atoms with Gasteiger partial charge in [0.25, 0.3) is 0 Å². The van der Waals surface area contributed by atoms with E-state index in [2.05, 4.69) is 22.6 Å². The predicted octanol–water partition coefficient (Wildman–Crippen LogP) is 3.67. The van der Waals surface area contributed by atoms with Gasteiger partial charge in [0, 0.05) is 0 Å². The largest absolute Gasteiger partial charge is 0.490 e. The Morgan fingerprint density at radius 3 is 2.67 bits per heavy atom. The van der Waals surface area contributed by atoms with Gasteiger partial charge in [-0.2, -0.15) is 5.26 Å². The Labute approximate surface area is 144 Å². The van der Waals surface area contributed by atoms with Crippen LogP contribution in [0, 0.1) is 14.9 Å². The normalized spacial score (nSPS) is 10.9. The Kier molecular flexibility index (Phi) is 7.47. The lowest BCUT2D eigenvalue weighted by atomic mass is 10.1. The molecule has 0 radical (unpaired) electrons. The molecule has 0 saturated heterocycles. The number of nitrogens with two attached hydrogens (primary N) is 1. The number of hydrogen-bond donors (Lipinski definition) is 1. The van der Waals surface area contributed by atoms with E-state index >= 15 is 0 Å². The summed E-state index contributed by atoms with van der Waals surface area (Å²) in [6.07, 6.45) is 2.57. The number of benzene rings is 1. The van der Waals surface area contributed by atoms with Crippen LogP contribution in [-0.4, -0.2) is 18.2 Å². The second kappa shape index (κ2) is 8.85. The molecule has 0 bridgehead atoms. The summed E-state index contributed by atoms with van der Waals surface area (Å²) >= 11 is 7.03. The maximum atomic E-state index is 9.03. The van der Waals surface area contributed by atoms with Crippen molar-refractivity contribution >= 4 is 45.9 Å². The topological polar surface area (TPSA) is 68.3 Å². The van der Waals surface area contributed by atoms with Crippen LogP contribution < -0.4 is 15.2 Å². The van der Waals surface area contributed by atoms with Crippen LogP contribution in [0.3, 0.4) is 0 Å². The Bertz CT molecular complexity index is 594. The van der Waals surface area contributed by atoms with Crippen LogP contribution in [0.15, 0.2) is 17.7 Å². The molecule has 4 nitrogen and oxygen atoms in total. The maximum absolute atomic E-state index is 9.03. The molecule has 0 fully saturated rings. The van der Waals surface area contributed by atoms with Gasteiger partial charge in [-0.25, -0.2) is 0 Å². The highest BCUT2D eigenvalue weighted by Gasteiger charge is 2.12. The average molecular weight is 416 g/mol. The predicted molar refractivity (Wildman–Crippen MR) is 96.5 cm³/mol. The van der Waals surface area contributed by atoms with Gasteiger partial charge in [0.2, 0.25) is 0 Å². The third kappa shape index (κ3) is 5.17. The first-order valence-electron chi connectivity index (χ1n) is 6.54. The van der Waals surface area contributed by atoms with Gasteiger partial charge in [0.05, 0.1) is 22.4 Å². The summed E-state index contributed by atoms with van der Waals surface area (Å²) in [5, 5.41) is 9.03. The van der Waals surface area contributed by atoms with E-state index in [1.54, 1.807) is 6.08 Å². The first-order chi connectivity index (χ1) is 10.0. The van der Waals surface area contributed by atoms with E-state index in [1.807, 2.05) is 32.0 Å². The Balaban J connectivity index is 3.26. The minimum Gasteiger partial charge on any atom is -0.490 e. The second-order valence-corrected chi connectivity index (χ2v) is 5.75. The van der Waals surface area contributed by atoms with E-state index in [1.165, 1.54) is 0 Å². The number of nitrogens with zero attached hydrogens (tertiary/aromatic N) is 1. The summed E-state index contributed by atoms with van der Waals surface area (Å²) < 4.78 is 12.3. The van der Waals surface area contributed by atoms with Gasteiger partial charge >= 0.3 is 0 Å². The third-order valence-electron chi connectivity index (χ3n) is 2.48. The van der Waals surface area contributed by atoms with E-state index in [4.69, 9.17) is 32.7 Å².